The molecule has 0 radical (unpaired) electrons. The fraction of sp³-hybridized carbons (Fsp3) is 0.235. The summed E-state index contributed by atoms with van der Waals surface area (Å²) in [5, 5.41) is 0. The van der Waals surface area contributed by atoms with Gasteiger partial charge >= 0.3 is 12.4 Å². The van der Waals surface area contributed by atoms with E-state index in [0.29, 0.717) is 12.1 Å². The number of hydrogen-bond acceptors (Lipinski definition) is 1. The second-order valence-corrected chi connectivity index (χ2v) is 7.22. The molecule has 0 heterocycles. The molecule has 0 aliphatic carbocycles. The number of ketones is 1. The molecular weight excluding hydrogens is 494 g/mol. The van der Waals surface area contributed by atoms with Crippen molar-refractivity contribution in [2.45, 2.75) is 26.2 Å². The van der Waals surface area contributed by atoms with Crippen LogP contribution in [0, 0.1) is 13.8 Å². The molecule has 0 aromatic heterocycles. The maximum Gasteiger partial charge on any atom is 0.416 e. The first-order valence-electron chi connectivity index (χ1n) is 7.03. The zero-order valence-electron chi connectivity index (χ0n) is 13.2. The van der Waals surface area contributed by atoms with Crippen LogP contribution >= 0.6 is 31.9 Å². The lowest BCUT2D eigenvalue weighted by Crippen LogP contribution is -2.13. The van der Waals surface area contributed by atoms with Gasteiger partial charge in [0.05, 0.1) is 11.1 Å². The van der Waals surface area contributed by atoms with Gasteiger partial charge in [-0.3, -0.25) is 4.79 Å². The lowest BCUT2D eigenvalue weighted by atomic mass is 9.96. The molecule has 1 nitrogen and oxygen atoms in total. The third kappa shape index (κ3) is 4.14. The number of benzene rings is 2. The van der Waals surface area contributed by atoms with Crippen molar-refractivity contribution in [2.75, 3.05) is 0 Å². The molecule has 0 N–H and O–H groups in total. The van der Waals surface area contributed by atoms with Gasteiger partial charge in [0, 0.05) is 20.1 Å². The first-order chi connectivity index (χ1) is 11.7. The first kappa shape index (κ1) is 21.0. The van der Waals surface area contributed by atoms with E-state index in [2.05, 4.69) is 31.9 Å². The van der Waals surface area contributed by atoms with Gasteiger partial charge in [0.25, 0.3) is 0 Å². The Balaban J connectivity index is 2.71. The highest BCUT2D eigenvalue weighted by atomic mass is 79.9. The molecule has 26 heavy (non-hydrogen) atoms. The fourth-order valence-corrected chi connectivity index (χ4v) is 3.16. The van der Waals surface area contributed by atoms with Crippen LogP contribution in [0.1, 0.15) is 38.2 Å². The largest absolute Gasteiger partial charge is 0.416 e. The van der Waals surface area contributed by atoms with Crippen molar-refractivity contribution in [1.82, 2.24) is 0 Å². The Hall–Kier alpha value is -1.35. The summed E-state index contributed by atoms with van der Waals surface area (Å²) in [6, 6.07) is 2.96. The topological polar surface area (TPSA) is 17.1 Å². The molecule has 0 saturated heterocycles. The van der Waals surface area contributed by atoms with E-state index in [1.807, 2.05) is 0 Å². The number of halogens is 8. The summed E-state index contributed by atoms with van der Waals surface area (Å²) in [7, 11) is 0. The van der Waals surface area contributed by atoms with Gasteiger partial charge in [-0.15, -0.1) is 0 Å². The average Bonchev–Trinajstić information content (AvgIpc) is 2.49. The molecule has 2 rings (SSSR count). The van der Waals surface area contributed by atoms with Crippen molar-refractivity contribution < 1.29 is 31.1 Å². The summed E-state index contributed by atoms with van der Waals surface area (Å²) in [5.41, 5.74) is -2.55. The minimum atomic E-state index is -4.69. The van der Waals surface area contributed by atoms with Crippen LogP contribution in [0.4, 0.5) is 26.3 Å². The predicted octanol–water partition coefficient (Wildman–Crippen LogP) is 7.10. The number of hydrogen-bond donors (Lipinski definition) is 0. The molecule has 0 aliphatic heterocycles. The van der Waals surface area contributed by atoms with Gasteiger partial charge in [-0.2, -0.15) is 26.3 Å². The summed E-state index contributed by atoms with van der Waals surface area (Å²) >= 11 is 6.11. The van der Waals surface area contributed by atoms with Crippen molar-refractivity contribution in [3.05, 3.63) is 66.6 Å². The third-order valence-electron chi connectivity index (χ3n) is 3.65. The number of carbonyl (C=O) groups excluding carboxylic acids is 1. The van der Waals surface area contributed by atoms with Crippen molar-refractivity contribution >= 4 is 37.6 Å². The van der Waals surface area contributed by atoms with Crippen molar-refractivity contribution in [2.24, 2.45) is 0 Å². The summed E-state index contributed by atoms with van der Waals surface area (Å²) in [4.78, 5) is 12.8. The lowest BCUT2D eigenvalue weighted by Gasteiger charge is -2.15. The molecule has 0 aliphatic rings. The Kier molecular flexibility index (Phi) is 5.64. The van der Waals surface area contributed by atoms with Crippen molar-refractivity contribution in [3.8, 4) is 0 Å². The van der Waals surface area contributed by atoms with E-state index in [9.17, 15) is 31.1 Å². The first-order valence-corrected chi connectivity index (χ1v) is 8.61. The smallest absolute Gasteiger partial charge is 0.289 e. The summed E-state index contributed by atoms with van der Waals surface area (Å²) in [5.74, 6) is -0.952. The number of carbonyl (C=O) groups is 1. The van der Waals surface area contributed by atoms with Crippen LogP contribution in [0.3, 0.4) is 0 Å². The highest BCUT2D eigenvalue weighted by molar-refractivity contribution is 9.11. The van der Waals surface area contributed by atoms with Gasteiger partial charge in [-0.25, -0.2) is 0 Å². The van der Waals surface area contributed by atoms with E-state index in [1.165, 1.54) is 13.8 Å². The number of alkyl halides is 6. The van der Waals surface area contributed by atoms with Crippen LogP contribution in [0.2, 0.25) is 0 Å². The molecule has 2 aromatic carbocycles. The summed E-state index contributed by atoms with van der Waals surface area (Å²) in [6.07, 6.45) is -9.39. The van der Waals surface area contributed by atoms with E-state index in [1.54, 1.807) is 0 Å². The van der Waals surface area contributed by atoms with Crippen LogP contribution in [-0.4, -0.2) is 5.78 Å². The molecule has 0 spiro atoms. The molecule has 9 heteroatoms. The molecule has 0 amide bonds. The Morgan fingerprint density at radius 2 is 1.04 bits per heavy atom. The normalized spacial score (nSPS) is 12.4. The van der Waals surface area contributed by atoms with Crippen molar-refractivity contribution in [3.63, 3.8) is 0 Å². The standard InChI is InChI=1S/C17H10Br2F6O/c1-7-3-9(16(20,21)22)5-11(13(7)18)15(26)12-6-10(17(23,24)25)4-8(2)14(12)19/h3-6H,1-2H3. The molecule has 2 aromatic rings. The van der Waals surface area contributed by atoms with Crippen LogP contribution < -0.4 is 0 Å². The van der Waals surface area contributed by atoms with Gasteiger partial charge in [0.2, 0.25) is 0 Å². The van der Waals surface area contributed by atoms with E-state index in [-0.39, 0.29) is 31.2 Å². The van der Waals surface area contributed by atoms with Crippen LogP contribution in [0.25, 0.3) is 0 Å². The average molecular weight is 504 g/mol. The Morgan fingerprint density at radius 3 is 1.31 bits per heavy atom. The Bertz CT molecular complexity index is 813. The van der Waals surface area contributed by atoms with E-state index in [0.717, 1.165) is 12.1 Å². The van der Waals surface area contributed by atoms with E-state index in [4.69, 9.17) is 0 Å². The predicted molar refractivity (Wildman–Crippen MR) is 91.2 cm³/mol. The van der Waals surface area contributed by atoms with Gasteiger partial charge in [-0.1, -0.05) is 0 Å². The van der Waals surface area contributed by atoms with Gasteiger partial charge in [0.15, 0.2) is 5.78 Å². The highest BCUT2D eigenvalue weighted by Crippen LogP contribution is 2.38. The van der Waals surface area contributed by atoms with Crippen molar-refractivity contribution in [1.29, 1.82) is 0 Å². The quantitative estimate of drug-likeness (QED) is 0.315. The molecule has 0 bridgehead atoms. The Labute approximate surface area is 161 Å². The number of aryl methyl sites for hydroxylation is 2. The second-order valence-electron chi connectivity index (χ2n) is 5.63. The second kappa shape index (κ2) is 6.99. The molecule has 140 valence electrons. The van der Waals surface area contributed by atoms with E-state index < -0.39 is 29.3 Å². The van der Waals surface area contributed by atoms with E-state index >= 15 is 0 Å². The highest BCUT2D eigenvalue weighted by Gasteiger charge is 2.35. The fourth-order valence-electron chi connectivity index (χ4n) is 2.34. The zero-order chi connectivity index (χ0) is 20.0. The van der Waals surface area contributed by atoms with Gasteiger partial charge in [0.1, 0.15) is 0 Å². The monoisotopic (exact) mass is 502 g/mol. The maximum atomic E-state index is 13.0. The van der Waals surface area contributed by atoms with Crippen LogP contribution in [0.5, 0.6) is 0 Å². The minimum absolute atomic E-state index is 0.0949. The lowest BCUT2D eigenvalue weighted by molar-refractivity contribution is -0.138. The molecular formula is C17H10Br2F6O. The maximum absolute atomic E-state index is 13.0. The molecule has 0 saturated carbocycles. The van der Waals surface area contributed by atoms with Crippen LogP contribution in [-0.2, 0) is 12.4 Å². The SMILES string of the molecule is Cc1cc(C(F)(F)F)cc(C(=O)c2cc(C(F)(F)F)cc(C)c2Br)c1Br. The van der Waals surface area contributed by atoms with Gasteiger partial charge in [-0.05, 0) is 81.1 Å². The molecule has 0 fully saturated rings. The number of rotatable bonds is 2. The molecule has 0 atom stereocenters. The van der Waals surface area contributed by atoms with Crippen LogP contribution in [0.15, 0.2) is 33.2 Å². The minimum Gasteiger partial charge on any atom is -0.289 e. The Morgan fingerprint density at radius 1 is 0.731 bits per heavy atom. The third-order valence-corrected chi connectivity index (χ3v) is 5.76. The molecule has 0 unspecified atom stereocenters. The summed E-state index contributed by atoms with van der Waals surface area (Å²) in [6.45, 7) is 2.73. The summed E-state index contributed by atoms with van der Waals surface area (Å²) < 4.78 is 78.3. The zero-order valence-corrected chi connectivity index (χ0v) is 16.4. The van der Waals surface area contributed by atoms with Gasteiger partial charge < -0.3 is 0 Å².